The maximum absolute atomic E-state index is 12.1. The Hall–Kier alpha value is -1.81. The Morgan fingerprint density at radius 2 is 2.05 bits per heavy atom. The van der Waals surface area contributed by atoms with E-state index in [1.165, 1.54) is 0 Å². The molecule has 0 saturated carbocycles. The number of fused-ring (bicyclic) bond motifs is 1. The maximum atomic E-state index is 12.1. The van der Waals surface area contributed by atoms with Gasteiger partial charge in [-0.1, -0.05) is 32.0 Å². The number of para-hydroxylation sites is 1. The van der Waals surface area contributed by atoms with Crippen LogP contribution in [-0.2, 0) is 18.3 Å². The van der Waals surface area contributed by atoms with Crippen LogP contribution in [0.1, 0.15) is 26.3 Å². The van der Waals surface area contributed by atoms with Gasteiger partial charge in [0.1, 0.15) is 0 Å². The van der Waals surface area contributed by atoms with Gasteiger partial charge in [-0.05, 0) is 24.5 Å². The molecule has 1 aromatic carbocycles. The average molecular weight is 288 g/mol. The molecule has 21 heavy (non-hydrogen) atoms. The monoisotopic (exact) mass is 288 g/mol. The van der Waals surface area contributed by atoms with Gasteiger partial charge in [-0.3, -0.25) is 4.79 Å². The van der Waals surface area contributed by atoms with Crippen LogP contribution in [0.4, 0.5) is 0 Å². The summed E-state index contributed by atoms with van der Waals surface area (Å²) in [6.45, 7) is 5.90. The smallest absolute Gasteiger partial charge is 0.224 e. The van der Waals surface area contributed by atoms with E-state index in [0.29, 0.717) is 6.42 Å². The number of hydrogen-bond acceptors (Lipinski definition) is 2. The number of carbonyl (C=O) groups excluding carboxylic acids is 1. The van der Waals surface area contributed by atoms with Crippen molar-refractivity contribution in [1.82, 2.24) is 9.88 Å². The molecule has 4 heteroatoms. The third kappa shape index (κ3) is 3.45. The van der Waals surface area contributed by atoms with Crippen LogP contribution in [0.5, 0.6) is 0 Å². The fraction of sp³-hybridized carbons (Fsp3) is 0.471. The topological polar surface area (TPSA) is 54.3 Å². The number of aryl methyl sites for hydroxylation is 1. The summed E-state index contributed by atoms with van der Waals surface area (Å²) in [6.07, 6.45) is 2.32. The minimum atomic E-state index is -0.881. The molecule has 0 radical (unpaired) electrons. The van der Waals surface area contributed by atoms with Gasteiger partial charge in [-0.15, -0.1) is 0 Å². The van der Waals surface area contributed by atoms with Crippen LogP contribution in [0.3, 0.4) is 0 Å². The van der Waals surface area contributed by atoms with E-state index in [-0.39, 0.29) is 18.4 Å². The lowest BCUT2D eigenvalue weighted by molar-refractivity contribution is -0.122. The summed E-state index contributed by atoms with van der Waals surface area (Å²) in [6, 6.07) is 8.04. The zero-order valence-electron chi connectivity index (χ0n) is 13.2. The summed E-state index contributed by atoms with van der Waals surface area (Å²) in [5.74, 6) is 0.0302. The highest BCUT2D eigenvalue weighted by molar-refractivity contribution is 5.89. The lowest BCUT2D eigenvalue weighted by atomic mass is 9.92. The van der Waals surface area contributed by atoms with E-state index >= 15 is 0 Å². The Labute approximate surface area is 125 Å². The van der Waals surface area contributed by atoms with Crippen molar-refractivity contribution in [1.29, 1.82) is 0 Å². The minimum Gasteiger partial charge on any atom is -0.388 e. The van der Waals surface area contributed by atoms with Crippen LogP contribution in [0, 0.1) is 5.92 Å². The summed E-state index contributed by atoms with van der Waals surface area (Å²) in [5.41, 5.74) is 1.25. The quantitative estimate of drug-likeness (QED) is 0.886. The first-order chi connectivity index (χ1) is 9.81. The second kappa shape index (κ2) is 5.90. The Balaban J connectivity index is 2.06. The van der Waals surface area contributed by atoms with Gasteiger partial charge in [0.2, 0.25) is 5.91 Å². The predicted molar refractivity (Wildman–Crippen MR) is 85.1 cm³/mol. The first-order valence-corrected chi connectivity index (χ1v) is 7.33. The van der Waals surface area contributed by atoms with E-state index in [2.05, 4.69) is 5.32 Å². The van der Waals surface area contributed by atoms with E-state index in [0.717, 1.165) is 16.5 Å². The molecule has 1 amide bonds. The highest BCUT2D eigenvalue weighted by atomic mass is 16.3. The normalized spacial score (nSPS) is 14.4. The number of amides is 1. The van der Waals surface area contributed by atoms with Crippen molar-refractivity contribution in [3.63, 3.8) is 0 Å². The molecule has 0 fully saturated rings. The van der Waals surface area contributed by atoms with Gasteiger partial charge in [0.15, 0.2) is 0 Å². The van der Waals surface area contributed by atoms with Crippen molar-refractivity contribution < 1.29 is 9.90 Å². The Bertz CT molecular complexity index is 641. The van der Waals surface area contributed by atoms with Crippen molar-refractivity contribution in [2.45, 2.75) is 32.8 Å². The summed E-state index contributed by atoms with van der Waals surface area (Å²) in [4.78, 5) is 12.1. The molecule has 2 N–H and O–H groups in total. The molecule has 0 aliphatic rings. The maximum Gasteiger partial charge on any atom is 0.224 e. The largest absolute Gasteiger partial charge is 0.388 e. The van der Waals surface area contributed by atoms with Crippen molar-refractivity contribution >= 4 is 16.8 Å². The predicted octanol–water partition coefficient (Wildman–Crippen LogP) is 2.24. The fourth-order valence-corrected chi connectivity index (χ4v) is 2.28. The highest BCUT2D eigenvalue weighted by Gasteiger charge is 2.25. The number of nitrogens with one attached hydrogen (secondary N) is 1. The Morgan fingerprint density at radius 3 is 2.71 bits per heavy atom. The second-order valence-electron chi connectivity index (χ2n) is 6.25. The Morgan fingerprint density at radius 1 is 1.38 bits per heavy atom. The standard InChI is InChI=1S/C17H24N2O2/c1-12(2)17(3,21)11-18-16(20)9-13-10-19(4)15-8-6-5-7-14(13)15/h5-8,10,12,21H,9,11H2,1-4H3,(H,18,20). The fourth-order valence-electron chi connectivity index (χ4n) is 2.28. The third-order valence-corrected chi connectivity index (χ3v) is 4.22. The molecular formula is C17H24N2O2. The SMILES string of the molecule is CC(C)C(C)(O)CNC(=O)Cc1cn(C)c2ccccc12. The molecule has 2 rings (SSSR count). The summed E-state index contributed by atoms with van der Waals surface area (Å²) >= 11 is 0. The zero-order chi connectivity index (χ0) is 15.6. The molecule has 0 aliphatic carbocycles. The molecule has 0 saturated heterocycles. The number of nitrogens with zero attached hydrogens (tertiary/aromatic N) is 1. The van der Waals surface area contributed by atoms with E-state index < -0.39 is 5.60 Å². The minimum absolute atomic E-state index is 0.0627. The molecule has 2 aromatic rings. The zero-order valence-corrected chi connectivity index (χ0v) is 13.2. The first-order valence-electron chi connectivity index (χ1n) is 7.33. The van der Waals surface area contributed by atoms with Crippen LogP contribution in [0.15, 0.2) is 30.5 Å². The molecule has 4 nitrogen and oxygen atoms in total. The number of rotatable bonds is 5. The molecule has 0 bridgehead atoms. The van der Waals surface area contributed by atoms with Crippen molar-refractivity contribution in [2.24, 2.45) is 13.0 Å². The van der Waals surface area contributed by atoms with E-state index in [1.807, 2.05) is 55.9 Å². The lowest BCUT2D eigenvalue weighted by Crippen LogP contribution is -2.44. The van der Waals surface area contributed by atoms with Gasteiger partial charge >= 0.3 is 0 Å². The van der Waals surface area contributed by atoms with E-state index in [1.54, 1.807) is 6.92 Å². The third-order valence-electron chi connectivity index (χ3n) is 4.22. The molecular weight excluding hydrogens is 264 g/mol. The second-order valence-corrected chi connectivity index (χ2v) is 6.25. The number of benzene rings is 1. The van der Waals surface area contributed by atoms with Crippen LogP contribution in [0.2, 0.25) is 0 Å². The number of aliphatic hydroxyl groups is 1. The lowest BCUT2D eigenvalue weighted by Gasteiger charge is -2.27. The van der Waals surface area contributed by atoms with Gasteiger partial charge < -0.3 is 15.0 Å². The average Bonchev–Trinajstić information content (AvgIpc) is 2.74. The van der Waals surface area contributed by atoms with Gasteiger partial charge in [0, 0.05) is 30.7 Å². The van der Waals surface area contributed by atoms with Gasteiger partial charge in [0.25, 0.3) is 0 Å². The van der Waals surface area contributed by atoms with Crippen LogP contribution in [-0.4, -0.2) is 27.7 Å². The molecule has 0 spiro atoms. The van der Waals surface area contributed by atoms with Crippen molar-refractivity contribution in [3.8, 4) is 0 Å². The molecule has 114 valence electrons. The van der Waals surface area contributed by atoms with Crippen molar-refractivity contribution in [3.05, 3.63) is 36.0 Å². The van der Waals surface area contributed by atoms with E-state index in [4.69, 9.17) is 0 Å². The molecule has 1 heterocycles. The number of hydrogen-bond donors (Lipinski definition) is 2. The Kier molecular flexibility index (Phi) is 4.37. The van der Waals surface area contributed by atoms with Gasteiger partial charge in [-0.2, -0.15) is 0 Å². The molecule has 0 aliphatic heterocycles. The highest BCUT2D eigenvalue weighted by Crippen LogP contribution is 2.21. The van der Waals surface area contributed by atoms with Gasteiger partial charge in [-0.25, -0.2) is 0 Å². The number of aromatic nitrogens is 1. The summed E-state index contributed by atoms with van der Waals surface area (Å²) < 4.78 is 2.03. The van der Waals surface area contributed by atoms with Crippen molar-refractivity contribution in [2.75, 3.05) is 6.54 Å². The van der Waals surface area contributed by atoms with Crippen LogP contribution in [0.25, 0.3) is 10.9 Å². The summed E-state index contributed by atoms with van der Waals surface area (Å²) in [7, 11) is 1.98. The summed E-state index contributed by atoms with van der Waals surface area (Å²) in [5, 5.41) is 14.1. The van der Waals surface area contributed by atoms with Gasteiger partial charge in [0.05, 0.1) is 12.0 Å². The molecule has 1 aromatic heterocycles. The van der Waals surface area contributed by atoms with Crippen LogP contribution >= 0.6 is 0 Å². The first kappa shape index (κ1) is 15.6. The van der Waals surface area contributed by atoms with Crippen LogP contribution < -0.4 is 5.32 Å². The molecule has 1 unspecified atom stereocenters. The molecule has 1 atom stereocenters. The number of carbonyl (C=O) groups is 1. The van der Waals surface area contributed by atoms with E-state index in [9.17, 15) is 9.90 Å².